The van der Waals surface area contributed by atoms with E-state index in [1.807, 2.05) is 6.07 Å². The van der Waals surface area contributed by atoms with Crippen molar-refractivity contribution in [3.05, 3.63) is 29.3 Å². The summed E-state index contributed by atoms with van der Waals surface area (Å²) >= 11 is 0.885. The number of carbonyl (C=O) groups is 1. The number of rotatable bonds is 6. The van der Waals surface area contributed by atoms with Gasteiger partial charge in [0, 0.05) is 30.7 Å². The van der Waals surface area contributed by atoms with Gasteiger partial charge in [0.15, 0.2) is 5.71 Å². The summed E-state index contributed by atoms with van der Waals surface area (Å²) in [6.07, 6.45) is 1.97. The van der Waals surface area contributed by atoms with Crippen LogP contribution in [-0.4, -0.2) is 38.2 Å². The molecular formula is C16H22NO3S+. The number of unbranched alkanes of at least 4 members (excludes halogenated alkanes) is 1. The lowest BCUT2D eigenvalue weighted by molar-refractivity contribution is -0.439. The molecule has 0 spiro atoms. The molecule has 0 radical (unpaired) electrons. The summed E-state index contributed by atoms with van der Waals surface area (Å²) < 4.78 is 11.1. The van der Waals surface area contributed by atoms with Crippen LogP contribution in [0.2, 0.25) is 0 Å². The summed E-state index contributed by atoms with van der Waals surface area (Å²) in [5.74, 6) is -0.133. The third-order valence-electron chi connectivity index (χ3n) is 4.38. The topological polar surface area (TPSA) is 60.5 Å². The Hall–Kier alpha value is -1.33. The molecule has 1 aliphatic heterocycles. The van der Waals surface area contributed by atoms with Crippen LogP contribution >= 0.6 is 12.0 Å². The number of hydrogen-bond donors (Lipinski definition) is 2. The average Bonchev–Trinajstić information content (AvgIpc) is 2.63. The Balaban J connectivity index is 2.32. The van der Waals surface area contributed by atoms with Crippen molar-refractivity contribution >= 4 is 29.4 Å². The number of carboxylic acid groups (broad SMARTS) is 1. The normalized spacial score (nSPS) is 16.2. The first-order valence-electron chi connectivity index (χ1n) is 7.15. The van der Waals surface area contributed by atoms with Crippen molar-refractivity contribution in [1.29, 1.82) is 0 Å². The Kier molecular flexibility index (Phi) is 4.74. The van der Waals surface area contributed by atoms with E-state index in [9.17, 15) is 9.90 Å². The molecule has 2 rings (SSSR count). The molecule has 0 aromatic heterocycles. The van der Waals surface area contributed by atoms with Crippen molar-refractivity contribution in [2.24, 2.45) is 0 Å². The molecule has 0 bridgehead atoms. The lowest BCUT2D eigenvalue weighted by Gasteiger charge is -2.15. The molecule has 21 heavy (non-hydrogen) atoms. The Morgan fingerprint density at radius 1 is 1.33 bits per heavy atom. The van der Waals surface area contributed by atoms with E-state index in [2.05, 4.69) is 25.3 Å². The molecule has 0 saturated heterocycles. The molecule has 114 valence electrons. The van der Waals surface area contributed by atoms with Crippen molar-refractivity contribution in [3.63, 3.8) is 0 Å². The van der Waals surface area contributed by atoms with Crippen LogP contribution in [0.1, 0.15) is 49.5 Å². The highest BCUT2D eigenvalue weighted by molar-refractivity contribution is 7.93. The van der Waals surface area contributed by atoms with E-state index >= 15 is 0 Å². The van der Waals surface area contributed by atoms with E-state index in [1.54, 1.807) is 12.1 Å². The molecular weight excluding hydrogens is 286 g/mol. The van der Waals surface area contributed by atoms with Crippen LogP contribution in [0.3, 0.4) is 0 Å². The Morgan fingerprint density at radius 3 is 2.67 bits per heavy atom. The van der Waals surface area contributed by atoms with Gasteiger partial charge in [-0.05, 0) is 44.4 Å². The van der Waals surface area contributed by atoms with Gasteiger partial charge in [-0.1, -0.05) is 0 Å². The van der Waals surface area contributed by atoms with Crippen LogP contribution in [0.25, 0.3) is 0 Å². The van der Waals surface area contributed by atoms with E-state index in [1.165, 1.54) is 5.71 Å². The van der Waals surface area contributed by atoms with E-state index in [0.29, 0.717) is 5.56 Å². The Morgan fingerprint density at radius 2 is 2.05 bits per heavy atom. The third-order valence-corrected chi connectivity index (χ3v) is 4.86. The zero-order valence-corrected chi connectivity index (χ0v) is 13.5. The fourth-order valence-corrected chi connectivity index (χ4v) is 3.18. The van der Waals surface area contributed by atoms with Crippen molar-refractivity contribution in [2.45, 2.75) is 39.0 Å². The second kappa shape index (κ2) is 6.20. The maximum Gasteiger partial charge on any atom is 0.335 e. The monoisotopic (exact) mass is 308 g/mol. The second-order valence-electron chi connectivity index (χ2n) is 5.94. The summed E-state index contributed by atoms with van der Waals surface area (Å²) in [6.45, 7) is 7.28. The minimum atomic E-state index is -0.885. The molecule has 1 heterocycles. The maximum atomic E-state index is 11.2. The van der Waals surface area contributed by atoms with Crippen LogP contribution in [-0.2, 0) is 5.41 Å². The zero-order valence-electron chi connectivity index (χ0n) is 12.7. The van der Waals surface area contributed by atoms with Crippen molar-refractivity contribution < 1.29 is 19.0 Å². The average molecular weight is 308 g/mol. The molecule has 2 N–H and O–H groups in total. The van der Waals surface area contributed by atoms with Gasteiger partial charge in [0.05, 0.1) is 11.0 Å². The first-order chi connectivity index (χ1) is 9.89. The van der Waals surface area contributed by atoms with Crippen molar-refractivity contribution in [2.75, 3.05) is 12.3 Å². The summed E-state index contributed by atoms with van der Waals surface area (Å²) in [5.41, 5.74) is 3.63. The zero-order chi connectivity index (χ0) is 15.6. The van der Waals surface area contributed by atoms with E-state index in [-0.39, 0.29) is 5.41 Å². The molecule has 0 fully saturated rings. The van der Waals surface area contributed by atoms with Crippen LogP contribution in [0, 0.1) is 0 Å². The summed E-state index contributed by atoms with van der Waals surface area (Å²) in [7, 11) is 0. The molecule has 5 heteroatoms. The molecule has 4 nitrogen and oxygen atoms in total. The number of hydrogen-bond acceptors (Lipinski definition) is 3. The summed E-state index contributed by atoms with van der Waals surface area (Å²) in [6, 6.07) is 5.38. The van der Waals surface area contributed by atoms with E-state index in [4.69, 9.17) is 4.55 Å². The molecule has 0 saturated carbocycles. The number of nitrogens with zero attached hydrogens (tertiary/aromatic N) is 1. The minimum Gasteiger partial charge on any atom is -0.478 e. The number of benzene rings is 1. The van der Waals surface area contributed by atoms with Gasteiger partial charge in [-0.15, -0.1) is 0 Å². The fraction of sp³-hybridized carbons (Fsp3) is 0.500. The minimum absolute atomic E-state index is 0.146. The quantitative estimate of drug-likeness (QED) is 0.477. The van der Waals surface area contributed by atoms with Gasteiger partial charge in [-0.3, -0.25) is 0 Å². The highest BCUT2D eigenvalue weighted by atomic mass is 32.2. The van der Waals surface area contributed by atoms with Gasteiger partial charge in [0.2, 0.25) is 5.69 Å². The van der Waals surface area contributed by atoms with Crippen LogP contribution in [0.15, 0.2) is 18.2 Å². The number of fused-ring (bicyclic) bond motifs is 1. The molecule has 0 unspecified atom stereocenters. The first kappa shape index (κ1) is 16.0. The van der Waals surface area contributed by atoms with E-state index in [0.717, 1.165) is 48.4 Å². The van der Waals surface area contributed by atoms with Gasteiger partial charge < -0.3 is 9.66 Å². The lowest BCUT2D eigenvalue weighted by atomic mass is 9.81. The molecule has 0 aliphatic carbocycles. The lowest BCUT2D eigenvalue weighted by Crippen LogP contribution is -2.26. The highest BCUT2D eigenvalue weighted by Gasteiger charge is 2.43. The van der Waals surface area contributed by atoms with Crippen molar-refractivity contribution in [3.8, 4) is 0 Å². The predicted molar refractivity (Wildman–Crippen MR) is 86.2 cm³/mol. The van der Waals surface area contributed by atoms with Crippen LogP contribution in [0.5, 0.6) is 0 Å². The molecule has 1 aliphatic rings. The maximum absolute atomic E-state index is 11.2. The van der Waals surface area contributed by atoms with Gasteiger partial charge >= 0.3 is 5.97 Å². The Bertz CT molecular complexity index is 593. The molecule has 1 aromatic carbocycles. The first-order valence-corrected chi connectivity index (χ1v) is 8.09. The van der Waals surface area contributed by atoms with Gasteiger partial charge in [0.1, 0.15) is 6.54 Å². The standard InChI is InChI=1S/C16H21NO3S/c1-11-16(2,3)13-10-12(15(18)19)6-7-14(13)17(11)8-4-5-9-21-20/h6-7,10H,4-5,8-9H2,1-3H3,(H-,18,19,20)/p+1. The number of aromatic carboxylic acids is 1. The Labute approximate surface area is 129 Å². The summed E-state index contributed by atoms with van der Waals surface area (Å²) in [5, 5.41) is 9.17. The van der Waals surface area contributed by atoms with Gasteiger partial charge in [-0.25, -0.2) is 4.79 Å². The van der Waals surface area contributed by atoms with Gasteiger partial charge in [0.25, 0.3) is 0 Å². The molecule has 0 amide bonds. The smallest absolute Gasteiger partial charge is 0.335 e. The third kappa shape index (κ3) is 2.99. The SMILES string of the molecule is CC1=[N+](CCCCSO)c2ccc(C(=O)O)cc2C1(C)C. The van der Waals surface area contributed by atoms with Gasteiger partial charge in [-0.2, -0.15) is 4.58 Å². The van der Waals surface area contributed by atoms with Crippen LogP contribution in [0.4, 0.5) is 5.69 Å². The second-order valence-corrected chi connectivity index (χ2v) is 6.61. The summed E-state index contributed by atoms with van der Waals surface area (Å²) in [4.78, 5) is 11.2. The largest absolute Gasteiger partial charge is 0.478 e. The van der Waals surface area contributed by atoms with E-state index < -0.39 is 5.97 Å². The predicted octanol–water partition coefficient (Wildman–Crippen LogP) is 3.77. The van der Waals surface area contributed by atoms with Crippen molar-refractivity contribution in [1.82, 2.24) is 0 Å². The fourth-order valence-electron chi connectivity index (χ4n) is 2.84. The molecule has 0 atom stereocenters. The number of carboxylic acids is 1. The molecule has 1 aromatic rings. The van der Waals surface area contributed by atoms with Crippen LogP contribution < -0.4 is 0 Å². The highest BCUT2D eigenvalue weighted by Crippen LogP contribution is 2.40.